The van der Waals surface area contributed by atoms with Crippen molar-refractivity contribution in [2.75, 3.05) is 18.2 Å². The van der Waals surface area contributed by atoms with E-state index < -0.39 is 6.04 Å². The van der Waals surface area contributed by atoms with Gasteiger partial charge in [0.05, 0.1) is 29.5 Å². The van der Waals surface area contributed by atoms with Gasteiger partial charge in [-0.15, -0.1) is 10.2 Å². The zero-order valence-corrected chi connectivity index (χ0v) is 19.5. The molecule has 0 aliphatic rings. The zero-order valence-electron chi connectivity index (χ0n) is 18.0. The average molecular weight is 474 g/mol. The standard InChI is InChI=1S/C22H24ClN5O3S/c1-4-28-20(14(2)24-21(30)17-10-5-6-11-18(17)23)26-27-22(28)32-13-19(29)25-15-8-7-9-16(12-15)31-3/h5-12,14H,4,13H2,1-3H3,(H,24,30)(H,25,29). The van der Waals surface area contributed by atoms with Crippen LogP contribution in [0.1, 0.15) is 36.1 Å². The molecular formula is C22H24ClN5O3S. The Hall–Kier alpha value is -3.04. The van der Waals surface area contributed by atoms with Crippen LogP contribution in [-0.4, -0.2) is 39.4 Å². The van der Waals surface area contributed by atoms with E-state index in [9.17, 15) is 9.59 Å². The van der Waals surface area contributed by atoms with E-state index in [0.29, 0.717) is 39.5 Å². The third kappa shape index (κ3) is 5.80. The predicted octanol–water partition coefficient (Wildman–Crippen LogP) is 4.18. The van der Waals surface area contributed by atoms with Gasteiger partial charge in [-0.1, -0.05) is 41.6 Å². The average Bonchev–Trinajstić information content (AvgIpc) is 3.21. The first-order chi connectivity index (χ1) is 15.4. The van der Waals surface area contributed by atoms with Crippen molar-refractivity contribution in [3.8, 4) is 5.75 Å². The Kier molecular flexibility index (Phi) is 8.13. The molecule has 0 aliphatic carbocycles. The number of hydrogen-bond acceptors (Lipinski definition) is 6. The molecule has 1 atom stereocenters. The third-order valence-electron chi connectivity index (χ3n) is 4.60. The normalized spacial score (nSPS) is 11.6. The number of benzene rings is 2. The highest BCUT2D eigenvalue weighted by Crippen LogP contribution is 2.23. The van der Waals surface area contributed by atoms with E-state index in [1.54, 1.807) is 55.6 Å². The second-order valence-corrected chi connectivity index (χ2v) is 8.18. The Morgan fingerprint density at radius 1 is 1.19 bits per heavy atom. The van der Waals surface area contributed by atoms with Crippen LogP contribution in [0, 0.1) is 0 Å². The van der Waals surface area contributed by atoms with Gasteiger partial charge in [-0.25, -0.2) is 0 Å². The summed E-state index contributed by atoms with van der Waals surface area (Å²) in [7, 11) is 1.57. The summed E-state index contributed by atoms with van der Waals surface area (Å²) in [5, 5.41) is 15.2. The lowest BCUT2D eigenvalue weighted by molar-refractivity contribution is -0.113. The fourth-order valence-corrected chi connectivity index (χ4v) is 4.07. The van der Waals surface area contributed by atoms with E-state index in [2.05, 4.69) is 20.8 Å². The molecule has 168 valence electrons. The van der Waals surface area contributed by atoms with Crippen LogP contribution in [0.15, 0.2) is 53.7 Å². The van der Waals surface area contributed by atoms with Crippen molar-refractivity contribution in [3.63, 3.8) is 0 Å². The van der Waals surface area contributed by atoms with Gasteiger partial charge in [0.1, 0.15) is 5.75 Å². The highest BCUT2D eigenvalue weighted by atomic mass is 35.5. The Labute approximate surface area is 195 Å². The Balaban J connectivity index is 1.63. The molecule has 1 aromatic heterocycles. The minimum atomic E-state index is -0.397. The topological polar surface area (TPSA) is 98.1 Å². The fraction of sp³-hybridized carbons (Fsp3) is 0.273. The van der Waals surface area contributed by atoms with Crippen LogP contribution >= 0.6 is 23.4 Å². The molecule has 8 nitrogen and oxygen atoms in total. The van der Waals surface area contributed by atoms with Crippen molar-refractivity contribution < 1.29 is 14.3 Å². The first kappa shape index (κ1) is 23.6. The first-order valence-corrected chi connectivity index (χ1v) is 11.3. The number of aromatic nitrogens is 3. The summed E-state index contributed by atoms with van der Waals surface area (Å²) < 4.78 is 7.04. The first-order valence-electron chi connectivity index (χ1n) is 9.98. The number of ether oxygens (including phenoxy) is 1. The summed E-state index contributed by atoms with van der Waals surface area (Å²) in [5.41, 5.74) is 1.05. The number of anilines is 1. The second-order valence-electron chi connectivity index (χ2n) is 6.83. The van der Waals surface area contributed by atoms with Gasteiger partial charge in [0.15, 0.2) is 11.0 Å². The number of rotatable bonds is 9. The molecule has 0 fully saturated rings. The maximum absolute atomic E-state index is 12.6. The number of carbonyl (C=O) groups is 2. The molecule has 10 heteroatoms. The van der Waals surface area contributed by atoms with Crippen LogP contribution in [0.4, 0.5) is 5.69 Å². The summed E-state index contributed by atoms with van der Waals surface area (Å²) in [5.74, 6) is 0.966. The van der Waals surface area contributed by atoms with Crippen molar-refractivity contribution in [3.05, 3.63) is 64.9 Å². The second kappa shape index (κ2) is 11.0. The van der Waals surface area contributed by atoms with E-state index >= 15 is 0 Å². The largest absolute Gasteiger partial charge is 0.497 e. The number of nitrogens with one attached hydrogen (secondary N) is 2. The minimum Gasteiger partial charge on any atom is -0.497 e. The van der Waals surface area contributed by atoms with Gasteiger partial charge < -0.3 is 19.9 Å². The van der Waals surface area contributed by atoms with Gasteiger partial charge in [-0.2, -0.15) is 0 Å². The number of methoxy groups -OCH3 is 1. The molecule has 0 bridgehead atoms. The van der Waals surface area contributed by atoms with Crippen molar-refractivity contribution in [1.29, 1.82) is 0 Å². The SMILES string of the molecule is CCn1c(SCC(=O)Nc2cccc(OC)c2)nnc1C(C)NC(=O)c1ccccc1Cl. The number of nitrogens with zero attached hydrogens (tertiary/aromatic N) is 3. The van der Waals surface area contributed by atoms with Crippen molar-refractivity contribution in [2.24, 2.45) is 0 Å². The fourth-order valence-electron chi connectivity index (χ4n) is 3.04. The van der Waals surface area contributed by atoms with E-state index in [1.165, 1.54) is 11.8 Å². The Bertz CT molecular complexity index is 1100. The summed E-state index contributed by atoms with van der Waals surface area (Å²) in [4.78, 5) is 24.9. The number of halogens is 1. The predicted molar refractivity (Wildman–Crippen MR) is 125 cm³/mol. The maximum atomic E-state index is 12.6. The number of amides is 2. The summed E-state index contributed by atoms with van der Waals surface area (Å²) in [6, 6.07) is 13.6. The van der Waals surface area contributed by atoms with Crippen LogP contribution in [-0.2, 0) is 11.3 Å². The molecule has 2 aromatic carbocycles. The molecule has 0 spiro atoms. The molecule has 2 N–H and O–H groups in total. The summed E-state index contributed by atoms with van der Waals surface area (Å²) in [6.45, 7) is 4.37. The molecule has 0 radical (unpaired) electrons. The van der Waals surface area contributed by atoms with E-state index in [-0.39, 0.29) is 17.6 Å². The van der Waals surface area contributed by atoms with Crippen LogP contribution in [0.3, 0.4) is 0 Å². The summed E-state index contributed by atoms with van der Waals surface area (Å²) in [6.07, 6.45) is 0. The molecule has 0 saturated carbocycles. The highest BCUT2D eigenvalue weighted by molar-refractivity contribution is 7.99. The van der Waals surface area contributed by atoms with E-state index in [1.807, 2.05) is 18.4 Å². The number of hydrogen-bond donors (Lipinski definition) is 2. The van der Waals surface area contributed by atoms with Crippen molar-refractivity contribution in [2.45, 2.75) is 31.6 Å². The van der Waals surface area contributed by atoms with Gasteiger partial charge in [0.25, 0.3) is 5.91 Å². The van der Waals surface area contributed by atoms with Crippen molar-refractivity contribution in [1.82, 2.24) is 20.1 Å². The third-order valence-corrected chi connectivity index (χ3v) is 5.90. The van der Waals surface area contributed by atoms with E-state index in [4.69, 9.17) is 16.3 Å². The smallest absolute Gasteiger partial charge is 0.253 e. The molecule has 1 unspecified atom stereocenters. The lowest BCUT2D eigenvalue weighted by atomic mass is 10.2. The minimum absolute atomic E-state index is 0.162. The van der Waals surface area contributed by atoms with Gasteiger partial charge >= 0.3 is 0 Å². The van der Waals surface area contributed by atoms with Crippen LogP contribution in [0.2, 0.25) is 5.02 Å². The monoisotopic (exact) mass is 473 g/mol. The number of carbonyl (C=O) groups excluding carboxylic acids is 2. The van der Waals surface area contributed by atoms with Gasteiger partial charge in [-0.3, -0.25) is 9.59 Å². The molecular weight excluding hydrogens is 450 g/mol. The molecule has 0 aliphatic heterocycles. The summed E-state index contributed by atoms with van der Waals surface area (Å²) >= 11 is 7.39. The molecule has 3 rings (SSSR count). The molecule has 2 amide bonds. The zero-order chi connectivity index (χ0) is 23.1. The molecule has 0 saturated heterocycles. The Morgan fingerprint density at radius 2 is 1.97 bits per heavy atom. The van der Waals surface area contributed by atoms with Gasteiger partial charge in [-0.05, 0) is 38.1 Å². The quantitative estimate of drug-likeness (QED) is 0.452. The lowest BCUT2D eigenvalue weighted by Crippen LogP contribution is -2.29. The van der Waals surface area contributed by atoms with Gasteiger partial charge in [0.2, 0.25) is 5.91 Å². The van der Waals surface area contributed by atoms with Crippen LogP contribution in [0.25, 0.3) is 0 Å². The molecule has 3 aromatic rings. The van der Waals surface area contributed by atoms with Crippen LogP contribution in [0.5, 0.6) is 5.75 Å². The Morgan fingerprint density at radius 3 is 2.69 bits per heavy atom. The number of thioether (sulfide) groups is 1. The maximum Gasteiger partial charge on any atom is 0.253 e. The van der Waals surface area contributed by atoms with Gasteiger partial charge in [0, 0.05) is 18.3 Å². The molecule has 1 heterocycles. The van der Waals surface area contributed by atoms with Crippen LogP contribution < -0.4 is 15.4 Å². The highest BCUT2D eigenvalue weighted by Gasteiger charge is 2.21. The molecule has 32 heavy (non-hydrogen) atoms. The van der Waals surface area contributed by atoms with E-state index in [0.717, 1.165) is 0 Å². The van der Waals surface area contributed by atoms with Crippen molar-refractivity contribution >= 4 is 40.9 Å². The lowest BCUT2D eigenvalue weighted by Gasteiger charge is -2.15.